The molecule has 0 unspecified atom stereocenters. The van der Waals surface area contributed by atoms with Crippen LogP contribution in [0.5, 0.6) is 0 Å². The number of isothiocyanates is 1. The van der Waals surface area contributed by atoms with Crippen LogP contribution in [0.3, 0.4) is 0 Å². The zero-order valence-corrected chi connectivity index (χ0v) is 10.5. The summed E-state index contributed by atoms with van der Waals surface area (Å²) in [5.74, 6) is 6.07. The van der Waals surface area contributed by atoms with E-state index in [0.717, 1.165) is 18.5 Å². The Morgan fingerprint density at radius 3 is 2.94 bits per heavy atom. The van der Waals surface area contributed by atoms with Crippen molar-refractivity contribution in [2.45, 2.75) is 6.42 Å². The van der Waals surface area contributed by atoms with Gasteiger partial charge in [0.05, 0.1) is 15.9 Å². The molecule has 0 radical (unpaired) electrons. The molecule has 16 heavy (non-hydrogen) atoms. The lowest BCUT2D eigenvalue weighted by Crippen LogP contribution is -2.05. The number of nitrogens with zero attached hydrogens (tertiary/aromatic N) is 1. The SMILES string of the molecule is CNCCC#Cc1ccc(N=C=S)c(Cl)c1. The van der Waals surface area contributed by atoms with Gasteiger partial charge in [0.25, 0.3) is 0 Å². The fourth-order valence-corrected chi connectivity index (χ4v) is 1.40. The van der Waals surface area contributed by atoms with Crippen LogP contribution in [-0.2, 0) is 0 Å². The predicted molar refractivity (Wildman–Crippen MR) is 71.6 cm³/mol. The largest absolute Gasteiger partial charge is 0.319 e. The summed E-state index contributed by atoms with van der Waals surface area (Å²) < 4.78 is 0. The van der Waals surface area contributed by atoms with Crippen LogP contribution >= 0.6 is 23.8 Å². The number of thiocarbonyl (C=S) groups is 1. The molecule has 0 atom stereocenters. The number of hydrogen-bond acceptors (Lipinski definition) is 3. The van der Waals surface area contributed by atoms with Crippen molar-refractivity contribution in [2.75, 3.05) is 13.6 Å². The zero-order chi connectivity index (χ0) is 11.8. The van der Waals surface area contributed by atoms with Gasteiger partial charge in [-0.15, -0.1) is 0 Å². The molecule has 0 aliphatic carbocycles. The fourth-order valence-electron chi connectivity index (χ4n) is 1.08. The van der Waals surface area contributed by atoms with Crippen molar-refractivity contribution in [2.24, 2.45) is 4.99 Å². The van der Waals surface area contributed by atoms with E-state index < -0.39 is 0 Å². The average Bonchev–Trinajstić information content (AvgIpc) is 2.28. The molecule has 0 aromatic heterocycles. The molecule has 0 saturated heterocycles. The maximum Gasteiger partial charge on any atom is 0.0926 e. The van der Waals surface area contributed by atoms with Gasteiger partial charge in [0.1, 0.15) is 0 Å². The van der Waals surface area contributed by atoms with E-state index in [1.807, 2.05) is 13.1 Å². The maximum atomic E-state index is 5.99. The second-order valence-corrected chi connectivity index (χ2v) is 3.61. The summed E-state index contributed by atoms with van der Waals surface area (Å²) in [7, 11) is 1.90. The first-order chi connectivity index (χ1) is 7.77. The van der Waals surface area contributed by atoms with E-state index in [9.17, 15) is 0 Å². The number of nitrogens with one attached hydrogen (secondary N) is 1. The minimum absolute atomic E-state index is 0.540. The Hall–Kier alpha value is -1.17. The van der Waals surface area contributed by atoms with Crippen LogP contribution in [-0.4, -0.2) is 18.8 Å². The molecule has 4 heteroatoms. The third-order valence-corrected chi connectivity index (χ3v) is 2.24. The second kappa shape index (κ2) is 7.16. The van der Waals surface area contributed by atoms with E-state index >= 15 is 0 Å². The van der Waals surface area contributed by atoms with Crippen molar-refractivity contribution >= 4 is 34.7 Å². The number of halogens is 1. The van der Waals surface area contributed by atoms with Crippen molar-refractivity contribution in [3.05, 3.63) is 28.8 Å². The molecular weight excluding hydrogens is 240 g/mol. The smallest absolute Gasteiger partial charge is 0.0926 e. The van der Waals surface area contributed by atoms with Gasteiger partial charge >= 0.3 is 0 Å². The van der Waals surface area contributed by atoms with Crippen LogP contribution in [0.15, 0.2) is 23.2 Å². The molecule has 2 nitrogen and oxygen atoms in total. The monoisotopic (exact) mass is 250 g/mol. The first kappa shape index (κ1) is 12.9. The van der Waals surface area contributed by atoms with E-state index in [1.54, 1.807) is 12.1 Å². The lowest BCUT2D eigenvalue weighted by Gasteiger charge is -1.96. The van der Waals surface area contributed by atoms with Crippen LogP contribution < -0.4 is 5.32 Å². The Labute approximate surface area is 106 Å². The van der Waals surface area contributed by atoms with E-state index in [2.05, 4.69) is 39.5 Å². The first-order valence-electron chi connectivity index (χ1n) is 4.79. The molecular formula is C12H11ClN2S. The van der Waals surface area contributed by atoms with Crippen LogP contribution in [0.4, 0.5) is 5.69 Å². The Bertz CT molecular complexity index is 468. The third-order valence-electron chi connectivity index (χ3n) is 1.85. The molecule has 1 N–H and O–H groups in total. The number of hydrogen-bond donors (Lipinski definition) is 1. The number of aliphatic imine (C=N–C) groups is 1. The van der Waals surface area contributed by atoms with Crippen molar-refractivity contribution in [1.82, 2.24) is 5.32 Å². The van der Waals surface area contributed by atoms with Crippen LogP contribution in [0, 0.1) is 11.8 Å². The van der Waals surface area contributed by atoms with Gasteiger partial charge in [-0.1, -0.05) is 23.4 Å². The predicted octanol–water partition coefficient (Wildman–Crippen LogP) is 3.04. The molecule has 0 heterocycles. The molecule has 1 aromatic carbocycles. The fraction of sp³-hybridized carbons (Fsp3) is 0.250. The Morgan fingerprint density at radius 1 is 1.50 bits per heavy atom. The lowest BCUT2D eigenvalue weighted by molar-refractivity contribution is 0.818. The molecule has 0 amide bonds. The van der Waals surface area contributed by atoms with Crippen LogP contribution in [0.2, 0.25) is 5.02 Å². The van der Waals surface area contributed by atoms with Crippen molar-refractivity contribution in [1.29, 1.82) is 0 Å². The highest BCUT2D eigenvalue weighted by atomic mass is 35.5. The highest BCUT2D eigenvalue weighted by Gasteiger charge is 1.98. The van der Waals surface area contributed by atoms with Gasteiger partial charge in [-0.3, -0.25) is 0 Å². The molecule has 0 aliphatic heterocycles. The highest BCUT2D eigenvalue weighted by molar-refractivity contribution is 7.78. The molecule has 0 fully saturated rings. The standard InChI is InChI=1S/C12H11ClN2S/c1-14-7-3-2-4-10-5-6-12(15-9-16)11(13)8-10/h5-6,8,14H,3,7H2,1H3. The third kappa shape index (κ3) is 4.14. The molecule has 1 aromatic rings. The van der Waals surface area contributed by atoms with Crippen molar-refractivity contribution < 1.29 is 0 Å². The summed E-state index contributed by atoms with van der Waals surface area (Å²) in [6.45, 7) is 0.883. The number of rotatable bonds is 3. The first-order valence-corrected chi connectivity index (χ1v) is 5.57. The molecule has 0 bridgehead atoms. The van der Waals surface area contributed by atoms with E-state index in [-0.39, 0.29) is 0 Å². The quantitative estimate of drug-likeness (QED) is 0.386. The minimum Gasteiger partial charge on any atom is -0.319 e. The Balaban J connectivity index is 2.79. The molecule has 1 rings (SSSR count). The zero-order valence-electron chi connectivity index (χ0n) is 8.88. The summed E-state index contributed by atoms with van der Waals surface area (Å²) in [5.41, 5.74) is 1.50. The van der Waals surface area contributed by atoms with Gasteiger partial charge in [0.15, 0.2) is 0 Å². The van der Waals surface area contributed by atoms with Gasteiger partial charge in [-0.25, -0.2) is 0 Å². The van der Waals surface area contributed by atoms with Gasteiger partial charge in [0, 0.05) is 18.5 Å². The highest BCUT2D eigenvalue weighted by Crippen LogP contribution is 2.24. The van der Waals surface area contributed by atoms with Gasteiger partial charge in [0.2, 0.25) is 0 Å². The molecule has 82 valence electrons. The van der Waals surface area contributed by atoms with Crippen molar-refractivity contribution in [3.63, 3.8) is 0 Å². The number of benzene rings is 1. The van der Waals surface area contributed by atoms with Gasteiger partial charge in [-0.2, -0.15) is 4.99 Å². The van der Waals surface area contributed by atoms with Gasteiger partial charge in [-0.05, 0) is 37.5 Å². The van der Waals surface area contributed by atoms with E-state index in [0.29, 0.717) is 10.7 Å². The molecule has 0 aliphatic rings. The summed E-state index contributed by atoms with van der Waals surface area (Å²) in [5, 5.41) is 5.85. The summed E-state index contributed by atoms with van der Waals surface area (Å²) in [6, 6.07) is 5.42. The second-order valence-electron chi connectivity index (χ2n) is 3.02. The normalized spacial score (nSPS) is 8.88. The average molecular weight is 251 g/mol. The van der Waals surface area contributed by atoms with Gasteiger partial charge < -0.3 is 5.32 Å². The maximum absolute atomic E-state index is 5.99. The van der Waals surface area contributed by atoms with E-state index in [1.165, 1.54) is 0 Å². The van der Waals surface area contributed by atoms with Crippen LogP contribution in [0.1, 0.15) is 12.0 Å². The molecule has 0 saturated carbocycles. The van der Waals surface area contributed by atoms with Crippen LogP contribution in [0.25, 0.3) is 0 Å². The van der Waals surface area contributed by atoms with Crippen molar-refractivity contribution in [3.8, 4) is 11.8 Å². The summed E-state index contributed by atoms with van der Waals surface area (Å²) in [6.07, 6.45) is 0.813. The molecule has 0 spiro atoms. The summed E-state index contributed by atoms with van der Waals surface area (Å²) >= 11 is 10.5. The van der Waals surface area contributed by atoms with E-state index in [4.69, 9.17) is 11.6 Å². The lowest BCUT2D eigenvalue weighted by atomic mass is 10.2. The Kier molecular flexibility index (Phi) is 5.77. The topological polar surface area (TPSA) is 24.4 Å². The Morgan fingerprint density at radius 2 is 2.31 bits per heavy atom. The summed E-state index contributed by atoms with van der Waals surface area (Å²) in [4.78, 5) is 3.83. The minimum atomic E-state index is 0.540.